The fourth-order valence-electron chi connectivity index (χ4n) is 5.92. The van der Waals surface area contributed by atoms with Gasteiger partial charge in [0.2, 0.25) is 5.90 Å². The first-order valence-corrected chi connectivity index (χ1v) is 16.5. The molecule has 0 saturated carbocycles. The van der Waals surface area contributed by atoms with Crippen LogP contribution in [0.2, 0.25) is 0 Å². The lowest BCUT2D eigenvalue weighted by Gasteiger charge is -2.31. The number of carbonyl (C=O) groups is 1. The molecule has 8 nitrogen and oxygen atoms in total. The molecule has 0 spiro atoms. The number of hydrogen-bond acceptors (Lipinski definition) is 7. The summed E-state index contributed by atoms with van der Waals surface area (Å²) in [6.45, 7) is 0.924. The van der Waals surface area contributed by atoms with Gasteiger partial charge in [-0.2, -0.15) is 0 Å². The van der Waals surface area contributed by atoms with E-state index in [4.69, 9.17) is 19.6 Å². The average molecular weight is 655 g/mol. The minimum Gasteiger partial charge on any atom is -0.494 e. The summed E-state index contributed by atoms with van der Waals surface area (Å²) < 4.78 is 12.5. The Bertz CT molecular complexity index is 1830. The minimum atomic E-state index is -1.33. The third-order valence-electron chi connectivity index (χ3n) is 8.61. The van der Waals surface area contributed by atoms with Gasteiger partial charge >= 0.3 is 0 Å². The van der Waals surface area contributed by atoms with Crippen LogP contribution < -0.4 is 20.5 Å². The Morgan fingerprint density at radius 3 is 2.08 bits per heavy atom. The lowest BCUT2D eigenvalue weighted by Crippen LogP contribution is -2.53. The molecule has 0 fully saturated rings. The average Bonchev–Trinajstić information content (AvgIpc) is 3.53. The van der Waals surface area contributed by atoms with Crippen LogP contribution in [0.25, 0.3) is 11.1 Å². The van der Waals surface area contributed by atoms with Gasteiger partial charge in [0.05, 0.1) is 6.61 Å². The van der Waals surface area contributed by atoms with Gasteiger partial charge in [0.25, 0.3) is 5.91 Å². The second-order valence-electron chi connectivity index (χ2n) is 12.3. The van der Waals surface area contributed by atoms with E-state index in [1.807, 2.05) is 116 Å². The van der Waals surface area contributed by atoms with Crippen molar-refractivity contribution in [2.45, 2.75) is 31.0 Å². The molecule has 1 amide bonds. The van der Waals surface area contributed by atoms with Gasteiger partial charge < -0.3 is 19.5 Å². The van der Waals surface area contributed by atoms with Gasteiger partial charge in [-0.05, 0) is 64.2 Å². The van der Waals surface area contributed by atoms with Gasteiger partial charge in [-0.15, -0.1) is 0 Å². The van der Waals surface area contributed by atoms with Crippen LogP contribution in [0.3, 0.4) is 0 Å². The molecule has 5 aromatic carbocycles. The predicted octanol–water partition coefficient (Wildman–Crippen LogP) is 6.50. The van der Waals surface area contributed by atoms with E-state index >= 15 is 0 Å². The Kier molecular flexibility index (Phi) is 10.7. The molecule has 250 valence electrons. The summed E-state index contributed by atoms with van der Waals surface area (Å²) in [5, 5.41) is 9.11. The highest BCUT2D eigenvalue weighted by molar-refractivity contribution is 6.01. The fraction of sp³-hybridized carbons (Fsp3) is 0.220. The molecule has 5 aromatic rings. The van der Waals surface area contributed by atoms with Crippen LogP contribution in [-0.2, 0) is 22.5 Å². The minimum absolute atomic E-state index is 0.0690. The molecule has 3 N–H and O–H groups in total. The molecule has 0 bridgehead atoms. The summed E-state index contributed by atoms with van der Waals surface area (Å²) in [5.74, 6) is 0.765. The first-order chi connectivity index (χ1) is 23.9. The van der Waals surface area contributed by atoms with Crippen molar-refractivity contribution in [2.75, 3.05) is 32.2 Å². The third-order valence-corrected chi connectivity index (χ3v) is 8.61. The highest BCUT2D eigenvalue weighted by Gasteiger charge is 2.53. The zero-order valence-electron chi connectivity index (χ0n) is 27.9. The van der Waals surface area contributed by atoms with E-state index in [2.05, 4.69) is 47.2 Å². The third kappa shape index (κ3) is 8.00. The van der Waals surface area contributed by atoms with E-state index in [9.17, 15) is 4.79 Å². The Morgan fingerprint density at radius 1 is 0.796 bits per heavy atom. The van der Waals surface area contributed by atoms with E-state index in [1.54, 1.807) is 0 Å². The summed E-state index contributed by atoms with van der Waals surface area (Å²) >= 11 is 0. The molecular weight excluding hydrogens is 612 g/mol. The van der Waals surface area contributed by atoms with Crippen molar-refractivity contribution in [3.05, 3.63) is 156 Å². The number of hydrazine groups is 1. The Hall–Kier alpha value is -5.44. The number of amides is 1. The SMILES string of the molecule is CN(C)c1ccc(CNNC(=O)[C@@]2(Cc3ccccc3)N=C(c3ccc(OCCCO)cc3)O[C@H]2c2ccc(-c3ccccc3)cc2)cc1. The number of anilines is 1. The van der Waals surface area contributed by atoms with E-state index in [-0.39, 0.29) is 12.5 Å². The maximum atomic E-state index is 14.5. The Labute approximate surface area is 288 Å². The van der Waals surface area contributed by atoms with Crippen molar-refractivity contribution < 1.29 is 19.4 Å². The van der Waals surface area contributed by atoms with E-state index in [0.717, 1.165) is 39.1 Å². The smallest absolute Gasteiger partial charge is 0.266 e. The summed E-state index contributed by atoms with van der Waals surface area (Å²) in [6, 6.07) is 43.9. The number of aliphatic imine (C=N–C) groups is 1. The van der Waals surface area contributed by atoms with Gasteiger partial charge in [-0.3, -0.25) is 10.2 Å². The number of benzene rings is 5. The van der Waals surface area contributed by atoms with Crippen LogP contribution >= 0.6 is 0 Å². The van der Waals surface area contributed by atoms with Gasteiger partial charge in [-0.25, -0.2) is 10.4 Å². The number of rotatable bonds is 14. The van der Waals surface area contributed by atoms with E-state index < -0.39 is 11.6 Å². The maximum absolute atomic E-state index is 14.5. The van der Waals surface area contributed by atoms with Crippen molar-refractivity contribution in [3.63, 3.8) is 0 Å². The van der Waals surface area contributed by atoms with Gasteiger partial charge in [0.15, 0.2) is 11.6 Å². The molecule has 1 aliphatic rings. The monoisotopic (exact) mass is 654 g/mol. The lowest BCUT2D eigenvalue weighted by atomic mass is 9.82. The first-order valence-electron chi connectivity index (χ1n) is 16.5. The normalized spacial score (nSPS) is 16.8. The van der Waals surface area contributed by atoms with Gasteiger partial charge in [-0.1, -0.05) is 97.1 Å². The summed E-state index contributed by atoms with van der Waals surface area (Å²) in [6.07, 6.45) is 0.152. The van der Waals surface area contributed by atoms with Crippen LogP contribution in [0.15, 0.2) is 138 Å². The highest BCUT2D eigenvalue weighted by Crippen LogP contribution is 2.43. The molecular formula is C41H42N4O4. The van der Waals surface area contributed by atoms with Crippen LogP contribution in [0, 0.1) is 0 Å². The van der Waals surface area contributed by atoms with Crippen molar-refractivity contribution >= 4 is 17.5 Å². The van der Waals surface area contributed by atoms with Crippen LogP contribution in [-0.4, -0.2) is 49.8 Å². The fourth-order valence-corrected chi connectivity index (χ4v) is 5.92. The predicted molar refractivity (Wildman–Crippen MR) is 195 cm³/mol. The number of hydrogen-bond donors (Lipinski definition) is 3. The molecule has 1 heterocycles. The topological polar surface area (TPSA) is 95.4 Å². The number of nitrogens with one attached hydrogen (secondary N) is 2. The summed E-state index contributed by atoms with van der Waals surface area (Å²) in [5.41, 5.74) is 11.7. The number of nitrogens with zero attached hydrogens (tertiary/aromatic N) is 2. The number of aliphatic hydroxyl groups is 1. The second-order valence-corrected chi connectivity index (χ2v) is 12.3. The largest absolute Gasteiger partial charge is 0.494 e. The lowest BCUT2D eigenvalue weighted by molar-refractivity contribution is -0.130. The molecule has 1 aliphatic heterocycles. The highest BCUT2D eigenvalue weighted by atomic mass is 16.5. The summed E-state index contributed by atoms with van der Waals surface area (Å²) in [7, 11) is 4.01. The van der Waals surface area contributed by atoms with Crippen molar-refractivity contribution in [1.82, 2.24) is 10.9 Å². The molecule has 49 heavy (non-hydrogen) atoms. The number of carbonyl (C=O) groups excluding carboxylic acids is 1. The van der Waals surface area contributed by atoms with E-state index in [0.29, 0.717) is 37.6 Å². The molecule has 0 radical (unpaired) electrons. The Morgan fingerprint density at radius 2 is 1.43 bits per heavy atom. The summed E-state index contributed by atoms with van der Waals surface area (Å²) in [4.78, 5) is 21.7. The Balaban J connectivity index is 1.34. The zero-order chi connectivity index (χ0) is 34.1. The molecule has 6 rings (SSSR count). The van der Waals surface area contributed by atoms with Crippen molar-refractivity contribution in [1.29, 1.82) is 0 Å². The molecule has 0 saturated heterocycles. The van der Waals surface area contributed by atoms with Gasteiger partial charge in [0, 0.05) is 51.3 Å². The van der Waals surface area contributed by atoms with Crippen LogP contribution in [0.5, 0.6) is 5.75 Å². The second kappa shape index (κ2) is 15.6. The zero-order valence-corrected chi connectivity index (χ0v) is 27.9. The quantitative estimate of drug-likeness (QED) is 0.0935. The van der Waals surface area contributed by atoms with Crippen molar-refractivity contribution in [3.8, 4) is 16.9 Å². The molecule has 8 heteroatoms. The standard InChI is InChI=1S/C41H42N4O4/c1-45(2)36-22-14-31(15-23-36)29-42-44-40(47)41(28-30-10-5-3-6-11-30)38(34-18-16-33(17-19-34)32-12-7-4-8-13-32)49-39(43-41)35-20-24-37(25-21-35)48-27-9-26-46/h3-8,10-25,38,42,46H,9,26-29H2,1-2H3,(H,44,47)/t38-,41-/m0/s1. The maximum Gasteiger partial charge on any atom is 0.266 e. The van der Waals surface area contributed by atoms with Crippen molar-refractivity contribution in [2.24, 2.45) is 4.99 Å². The molecule has 0 aromatic heterocycles. The van der Waals surface area contributed by atoms with E-state index in [1.165, 1.54) is 0 Å². The molecule has 0 unspecified atom stereocenters. The first kappa shape index (κ1) is 33.5. The van der Waals surface area contributed by atoms with Gasteiger partial charge in [0.1, 0.15) is 5.75 Å². The number of ether oxygens (including phenoxy) is 2. The number of aliphatic hydroxyl groups excluding tert-OH is 1. The van der Waals surface area contributed by atoms with Crippen LogP contribution in [0.4, 0.5) is 5.69 Å². The van der Waals surface area contributed by atoms with Crippen LogP contribution in [0.1, 0.15) is 34.8 Å². The molecule has 2 atom stereocenters. The molecule has 0 aliphatic carbocycles.